The molecule has 1 saturated heterocycles. The minimum absolute atomic E-state index is 0.775. The van der Waals surface area contributed by atoms with Crippen LogP contribution in [0.3, 0.4) is 0 Å². The number of para-hydroxylation sites is 1. The first-order chi connectivity index (χ1) is 12.3. The predicted molar refractivity (Wildman–Crippen MR) is 109 cm³/mol. The van der Waals surface area contributed by atoms with Crippen molar-refractivity contribution < 1.29 is 0 Å². The summed E-state index contributed by atoms with van der Waals surface area (Å²) in [6.45, 7) is 1.87. The second-order valence-electron chi connectivity index (χ2n) is 6.08. The average molecular weight is 370 g/mol. The van der Waals surface area contributed by atoms with Crippen LogP contribution in [0.2, 0.25) is 5.02 Å². The number of thioether (sulfide) groups is 1. The van der Waals surface area contributed by atoms with Gasteiger partial charge >= 0.3 is 0 Å². The fourth-order valence-electron chi connectivity index (χ4n) is 3.22. The molecular weight excluding hydrogens is 350 g/mol. The van der Waals surface area contributed by atoms with Crippen LogP contribution in [0.5, 0.6) is 0 Å². The van der Waals surface area contributed by atoms with Crippen molar-refractivity contribution in [2.24, 2.45) is 4.99 Å². The lowest BCUT2D eigenvalue weighted by molar-refractivity contribution is 0.956. The van der Waals surface area contributed by atoms with Crippen LogP contribution in [-0.4, -0.2) is 29.7 Å². The van der Waals surface area contributed by atoms with Gasteiger partial charge in [0.25, 0.3) is 0 Å². The minimum Gasteiger partial charge on any atom is -0.360 e. The summed E-state index contributed by atoms with van der Waals surface area (Å²) < 4.78 is 0. The number of aromatic nitrogens is 1. The maximum Gasteiger partial charge on any atom is 0.103 e. The topological polar surface area (TPSA) is 31.4 Å². The van der Waals surface area contributed by atoms with Crippen molar-refractivity contribution >= 4 is 45.8 Å². The van der Waals surface area contributed by atoms with Crippen LogP contribution in [0.4, 0.5) is 5.69 Å². The van der Waals surface area contributed by atoms with Gasteiger partial charge in [0, 0.05) is 51.4 Å². The Hall–Kier alpha value is -1.91. The smallest absolute Gasteiger partial charge is 0.103 e. The molecule has 2 heterocycles. The van der Waals surface area contributed by atoms with Gasteiger partial charge in [0.15, 0.2) is 0 Å². The molecule has 128 valence electrons. The summed E-state index contributed by atoms with van der Waals surface area (Å²) in [4.78, 5) is 11.8. The Morgan fingerprint density at radius 2 is 1.96 bits per heavy atom. The van der Waals surface area contributed by atoms with Gasteiger partial charge in [-0.1, -0.05) is 29.8 Å². The molecule has 3 nitrogen and oxygen atoms in total. The Labute approximate surface area is 157 Å². The van der Waals surface area contributed by atoms with Gasteiger partial charge in [0.2, 0.25) is 0 Å². The number of aromatic amines is 1. The summed E-state index contributed by atoms with van der Waals surface area (Å²) >= 11 is 7.86. The molecule has 0 bridgehead atoms. The number of benzene rings is 2. The van der Waals surface area contributed by atoms with Crippen LogP contribution in [0.15, 0.2) is 64.6 Å². The van der Waals surface area contributed by atoms with Gasteiger partial charge < -0.3 is 9.88 Å². The molecule has 5 heteroatoms. The molecule has 0 unspecified atom stereocenters. The van der Waals surface area contributed by atoms with E-state index in [0.29, 0.717) is 0 Å². The summed E-state index contributed by atoms with van der Waals surface area (Å²) in [6.07, 6.45) is 4.31. The first-order valence-corrected chi connectivity index (χ1v) is 9.93. The lowest BCUT2D eigenvalue weighted by Crippen LogP contribution is -2.24. The van der Waals surface area contributed by atoms with E-state index in [4.69, 9.17) is 16.6 Å². The molecule has 0 amide bonds. The van der Waals surface area contributed by atoms with Gasteiger partial charge in [0.05, 0.1) is 6.54 Å². The van der Waals surface area contributed by atoms with Gasteiger partial charge in [-0.2, -0.15) is 0 Å². The largest absolute Gasteiger partial charge is 0.360 e. The Bertz CT molecular complexity index is 885. The standard InChI is InChI=1S/C20H20ClN3S/c21-15-7-9-16(10-8-15)24-12-3-6-20(24)22-11-13-25-19-14-23-18-5-2-1-4-17(18)19/h1-2,4-5,7-10,14,23H,3,6,11-13H2/b22-20+. The fraction of sp³-hybridized carbons (Fsp3) is 0.250. The van der Waals surface area contributed by atoms with Gasteiger partial charge in [-0.25, -0.2) is 0 Å². The van der Waals surface area contributed by atoms with Crippen molar-refractivity contribution in [2.75, 3.05) is 23.7 Å². The Morgan fingerprint density at radius 1 is 1.12 bits per heavy atom. The zero-order chi connectivity index (χ0) is 17.1. The lowest BCUT2D eigenvalue weighted by Gasteiger charge is -2.19. The molecule has 2 aromatic carbocycles. The van der Waals surface area contributed by atoms with Crippen LogP contribution < -0.4 is 4.90 Å². The Kier molecular flexibility index (Phi) is 4.99. The molecule has 1 aromatic heterocycles. The SMILES string of the molecule is Clc1ccc(N2CCC/C2=N\CCSc2c[nH]c3ccccc23)cc1. The van der Waals surface area contributed by atoms with E-state index >= 15 is 0 Å². The fourth-order valence-corrected chi connectivity index (χ4v) is 4.22. The number of anilines is 1. The highest BCUT2D eigenvalue weighted by Crippen LogP contribution is 2.28. The van der Waals surface area contributed by atoms with E-state index in [0.717, 1.165) is 36.7 Å². The highest BCUT2D eigenvalue weighted by molar-refractivity contribution is 7.99. The minimum atomic E-state index is 0.775. The molecule has 1 aliphatic heterocycles. The maximum absolute atomic E-state index is 5.99. The van der Waals surface area contributed by atoms with E-state index in [2.05, 4.69) is 52.5 Å². The number of rotatable bonds is 5. The summed E-state index contributed by atoms with van der Waals surface area (Å²) in [6, 6.07) is 16.5. The molecule has 0 saturated carbocycles. The average Bonchev–Trinajstić information content (AvgIpc) is 3.26. The van der Waals surface area contributed by atoms with Crippen LogP contribution in [0.25, 0.3) is 10.9 Å². The van der Waals surface area contributed by atoms with Crippen LogP contribution in [0, 0.1) is 0 Å². The van der Waals surface area contributed by atoms with Gasteiger partial charge in [0.1, 0.15) is 5.84 Å². The van der Waals surface area contributed by atoms with Crippen molar-refractivity contribution in [2.45, 2.75) is 17.7 Å². The molecular formula is C20H20ClN3S. The third-order valence-electron chi connectivity index (χ3n) is 4.43. The van der Waals surface area contributed by atoms with Gasteiger partial charge in [-0.3, -0.25) is 4.99 Å². The lowest BCUT2D eigenvalue weighted by atomic mass is 10.2. The zero-order valence-corrected chi connectivity index (χ0v) is 15.5. The third kappa shape index (κ3) is 3.70. The monoisotopic (exact) mass is 369 g/mol. The highest BCUT2D eigenvalue weighted by atomic mass is 35.5. The second kappa shape index (κ2) is 7.54. The predicted octanol–water partition coefficient (Wildman–Crippen LogP) is 5.61. The first-order valence-electron chi connectivity index (χ1n) is 8.56. The van der Waals surface area contributed by atoms with E-state index in [9.17, 15) is 0 Å². The van der Waals surface area contributed by atoms with Crippen molar-refractivity contribution in [3.8, 4) is 0 Å². The summed E-state index contributed by atoms with van der Waals surface area (Å²) in [5.74, 6) is 2.18. The summed E-state index contributed by atoms with van der Waals surface area (Å²) in [5.41, 5.74) is 2.38. The molecule has 1 N–H and O–H groups in total. The van der Waals surface area contributed by atoms with Crippen LogP contribution in [0.1, 0.15) is 12.8 Å². The molecule has 4 rings (SSSR count). The van der Waals surface area contributed by atoms with Crippen molar-refractivity contribution in [3.05, 3.63) is 59.8 Å². The number of nitrogens with one attached hydrogen (secondary N) is 1. The van der Waals surface area contributed by atoms with Crippen LogP contribution in [-0.2, 0) is 0 Å². The molecule has 0 radical (unpaired) electrons. The Balaban J connectivity index is 1.38. The normalized spacial score (nSPS) is 16.2. The maximum atomic E-state index is 5.99. The molecule has 0 aliphatic carbocycles. The number of fused-ring (bicyclic) bond motifs is 1. The number of H-pyrrole nitrogens is 1. The van der Waals surface area contributed by atoms with Gasteiger partial charge in [-0.15, -0.1) is 11.8 Å². The summed E-state index contributed by atoms with van der Waals surface area (Å²) in [5, 5.41) is 2.07. The number of halogens is 1. The number of aliphatic imine (C=N–C) groups is 1. The Morgan fingerprint density at radius 3 is 2.84 bits per heavy atom. The van der Waals surface area contributed by atoms with Crippen molar-refractivity contribution in [3.63, 3.8) is 0 Å². The number of hydrogen-bond acceptors (Lipinski definition) is 2. The number of hydrogen-bond donors (Lipinski definition) is 1. The van der Waals surface area contributed by atoms with Crippen molar-refractivity contribution in [1.82, 2.24) is 4.98 Å². The van der Waals surface area contributed by atoms with E-state index in [1.807, 2.05) is 23.9 Å². The van der Waals surface area contributed by atoms with E-state index in [-0.39, 0.29) is 0 Å². The van der Waals surface area contributed by atoms with Crippen LogP contribution >= 0.6 is 23.4 Å². The highest BCUT2D eigenvalue weighted by Gasteiger charge is 2.19. The molecule has 1 fully saturated rings. The summed E-state index contributed by atoms with van der Waals surface area (Å²) in [7, 11) is 0. The molecule has 0 atom stereocenters. The first kappa shape index (κ1) is 16.6. The number of nitrogens with zero attached hydrogens (tertiary/aromatic N) is 2. The van der Waals surface area contributed by atoms with E-state index in [1.165, 1.54) is 27.3 Å². The van der Waals surface area contributed by atoms with Gasteiger partial charge in [-0.05, 0) is 36.8 Å². The zero-order valence-electron chi connectivity index (χ0n) is 13.9. The van der Waals surface area contributed by atoms with E-state index in [1.54, 1.807) is 0 Å². The number of amidine groups is 1. The van der Waals surface area contributed by atoms with Crippen molar-refractivity contribution in [1.29, 1.82) is 0 Å². The quantitative estimate of drug-likeness (QED) is 0.468. The molecule has 1 aliphatic rings. The molecule has 0 spiro atoms. The molecule has 25 heavy (non-hydrogen) atoms. The second-order valence-corrected chi connectivity index (χ2v) is 7.65. The molecule has 3 aromatic rings. The van der Waals surface area contributed by atoms with E-state index < -0.39 is 0 Å². The third-order valence-corrected chi connectivity index (χ3v) is 5.71.